The van der Waals surface area contributed by atoms with Crippen molar-refractivity contribution in [3.8, 4) is 0 Å². The van der Waals surface area contributed by atoms with Gasteiger partial charge in [-0.15, -0.1) is 0 Å². The Morgan fingerprint density at radius 3 is 2.33 bits per heavy atom. The summed E-state index contributed by atoms with van der Waals surface area (Å²) >= 11 is 0. The van der Waals surface area contributed by atoms with Gasteiger partial charge in [0.05, 0.1) is 11.4 Å². The Bertz CT molecular complexity index is 863. The van der Waals surface area contributed by atoms with Gasteiger partial charge >= 0.3 is 0 Å². The largest absolute Gasteiger partial charge is 0.320 e. The summed E-state index contributed by atoms with van der Waals surface area (Å²) in [6, 6.07) is 8.02. The van der Waals surface area contributed by atoms with E-state index in [9.17, 15) is 22.0 Å². The van der Waals surface area contributed by atoms with Crippen LogP contribution in [-0.2, 0) is 14.8 Å². The van der Waals surface area contributed by atoms with Crippen LogP contribution >= 0.6 is 0 Å². The summed E-state index contributed by atoms with van der Waals surface area (Å²) in [6.45, 7) is 2.72. The number of rotatable bonds is 5. The Labute approximate surface area is 138 Å². The third-order valence-corrected chi connectivity index (χ3v) is 4.83. The number of aryl methyl sites for hydroxylation is 2. The van der Waals surface area contributed by atoms with Crippen LogP contribution in [0.25, 0.3) is 0 Å². The van der Waals surface area contributed by atoms with Gasteiger partial charge in [-0.1, -0.05) is 18.2 Å². The zero-order valence-electron chi connectivity index (χ0n) is 13.1. The summed E-state index contributed by atoms with van der Waals surface area (Å²) in [5.74, 6) is -2.77. The Balaban J connectivity index is 2.09. The second-order valence-electron chi connectivity index (χ2n) is 5.24. The van der Waals surface area contributed by atoms with Crippen molar-refractivity contribution in [1.29, 1.82) is 0 Å². The average Bonchev–Trinajstić information content (AvgIpc) is 2.51. The van der Waals surface area contributed by atoms with E-state index in [0.29, 0.717) is 5.56 Å². The van der Waals surface area contributed by atoms with E-state index in [-0.39, 0.29) is 4.90 Å². The summed E-state index contributed by atoms with van der Waals surface area (Å²) in [5, 5.41) is 2.01. The number of anilines is 1. The van der Waals surface area contributed by atoms with Gasteiger partial charge in [-0.2, -0.15) is 0 Å². The molecule has 0 aliphatic heterocycles. The summed E-state index contributed by atoms with van der Waals surface area (Å²) in [4.78, 5) is 11.8. The minimum absolute atomic E-state index is 0.0485. The lowest BCUT2D eigenvalue weighted by Crippen LogP contribution is -2.33. The fraction of sp³-hybridized carbons (Fsp3) is 0.188. The molecule has 8 heteroatoms. The molecule has 5 nitrogen and oxygen atoms in total. The van der Waals surface area contributed by atoms with E-state index < -0.39 is 39.8 Å². The molecule has 2 N–H and O–H groups in total. The maximum Gasteiger partial charge on any atom is 0.241 e. The molecule has 0 aliphatic carbocycles. The molecule has 0 saturated heterocycles. The highest BCUT2D eigenvalue weighted by molar-refractivity contribution is 7.89. The van der Waals surface area contributed by atoms with Crippen LogP contribution in [0.2, 0.25) is 0 Å². The number of para-hydroxylation sites is 1. The molecule has 0 spiro atoms. The monoisotopic (exact) mass is 354 g/mol. The van der Waals surface area contributed by atoms with Crippen molar-refractivity contribution < 1.29 is 22.0 Å². The Morgan fingerprint density at radius 2 is 1.71 bits per heavy atom. The molecule has 0 atom stereocenters. The summed E-state index contributed by atoms with van der Waals surface area (Å²) in [7, 11) is -3.92. The SMILES string of the molecule is Cc1ccc(C)c(S(=O)(=O)NCC(=O)Nc2c(F)cccc2F)c1. The Morgan fingerprint density at radius 1 is 1.08 bits per heavy atom. The lowest BCUT2D eigenvalue weighted by molar-refractivity contribution is -0.115. The number of hydrogen-bond acceptors (Lipinski definition) is 3. The van der Waals surface area contributed by atoms with Crippen molar-refractivity contribution in [2.45, 2.75) is 18.7 Å². The number of carbonyl (C=O) groups excluding carboxylic acids is 1. The molecule has 128 valence electrons. The van der Waals surface area contributed by atoms with Crippen LogP contribution in [0, 0.1) is 25.5 Å². The van der Waals surface area contributed by atoms with Gasteiger partial charge in [0.15, 0.2) is 0 Å². The summed E-state index contributed by atoms with van der Waals surface area (Å²) in [5.41, 5.74) is 0.654. The minimum Gasteiger partial charge on any atom is -0.320 e. The lowest BCUT2D eigenvalue weighted by atomic mass is 10.2. The first-order valence-corrected chi connectivity index (χ1v) is 8.50. The normalized spacial score (nSPS) is 11.3. The van der Waals surface area contributed by atoms with Crippen molar-refractivity contribution in [2.75, 3.05) is 11.9 Å². The third kappa shape index (κ3) is 4.15. The van der Waals surface area contributed by atoms with Gasteiger partial charge in [-0.3, -0.25) is 4.79 Å². The highest BCUT2D eigenvalue weighted by Gasteiger charge is 2.19. The van der Waals surface area contributed by atoms with E-state index in [1.807, 2.05) is 5.32 Å². The van der Waals surface area contributed by atoms with Crippen molar-refractivity contribution in [3.05, 3.63) is 59.2 Å². The highest BCUT2D eigenvalue weighted by atomic mass is 32.2. The third-order valence-electron chi connectivity index (χ3n) is 3.28. The minimum atomic E-state index is -3.92. The maximum absolute atomic E-state index is 13.5. The number of halogens is 2. The molecule has 0 bridgehead atoms. The van der Waals surface area contributed by atoms with Crippen LogP contribution in [0.15, 0.2) is 41.3 Å². The number of carbonyl (C=O) groups is 1. The van der Waals surface area contributed by atoms with Gasteiger partial charge in [0, 0.05) is 0 Å². The number of amides is 1. The van der Waals surface area contributed by atoms with Crippen molar-refractivity contribution in [1.82, 2.24) is 4.72 Å². The fourth-order valence-electron chi connectivity index (χ4n) is 2.04. The van der Waals surface area contributed by atoms with E-state index in [2.05, 4.69) is 4.72 Å². The van der Waals surface area contributed by atoms with Gasteiger partial charge < -0.3 is 5.32 Å². The van der Waals surface area contributed by atoms with Crippen LogP contribution < -0.4 is 10.0 Å². The fourth-order valence-corrected chi connectivity index (χ4v) is 3.35. The second-order valence-corrected chi connectivity index (χ2v) is 6.97. The predicted octanol–water partition coefficient (Wildman–Crippen LogP) is 2.50. The maximum atomic E-state index is 13.5. The summed E-state index contributed by atoms with van der Waals surface area (Å²) in [6.07, 6.45) is 0. The molecule has 24 heavy (non-hydrogen) atoms. The first-order chi connectivity index (χ1) is 11.2. The number of benzene rings is 2. The molecule has 0 heterocycles. The molecule has 0 saturated carbocycles. The van der Waals surface area contributed by atoms with Crippen LogP contribution in [0.4, 0.5) is 14.5 Å². The van der Waals surface area contributed by atoms with E-state index in [1.54, 1.807) is 26.0 Å². The van der Waals surface area contributed by atoms with Crippen LogP contribution in [0.3, 0.4) is 0 Å². The number of nitrogens with one attached hydrogen (secondary N) is 2. The van der Waals surface area contributed by atoms with Gasteiger partial charge in [-0.05, 0) is 43.2 Å². The van der Waals surface area contributed by atoms with Gasteiger partial charge in [0.25, 0.3) is 0 Å². The smallest absolute Gasteiger partial charge is 0.241 e. The molecule has 2 aromatic carbocycles. The number of hydrogen-bond donors (Lipinski definition) is 2. The highest BCUT2D eigenvalue weighted by Crippen LogP contribution is 2.18. The van der Waals surface area contributed by atoms with E-state index >= 15 is 0 Å². The molecule has 2 rings (SSSR count). The molecular formula is C16H16F2N2O3S. The zero-order chi connectivity index (χ0) is 17.9. The molecule has 2 aromatic rings. The van der Waals surface area contributed by atoms with Crippen LogP contribution in [-0.4, -0.2) is 20.9 Å². The summed E-state index contributed by atoms with van der Waals surface area (Å²) < 4.78 is 53.5. The van der Waals surface area contributed by atoms with Gasteiger partial charge in [-0.25, -0.2) is 21.9 Å². The van der Waals surface area contributed by atoms with E-state index in [0.717, 1.165) is 23.8 Å². The Hall–Kier alpha value is -2.32. The topological polar surface area (TPSA) is 75.3 Å². The van der Waals surface area contributed by atoms with Gasteiger partial charge in [0.1, 0.15) is 17.3 Å². The molecule has 1 amide bonds. The van der Waals surface area contributed by atoms with E-state index in [4.69, 9.17) is 0 Å². The molecule has 0 fully saturated rings. The van der Waals surface area contributed by atoms with Crippen LogP contribution in [0.5, 0.6) is 0 Å². The lowest BCUT2D eigenvalue weighted by Gasteiger charge is -2.11. The van der Waals surface area contributed by atoms with Crippen LogP contribution in [0.1, 0.15) is 11.1 Å². The predicted molar refractivity (Wildman–Crippen MR) is 86.1 cm³/mol. The van der Waals surface area contributed by atoms with Gasteiger partial charge in [0.2, 0.25) is 15.9 Å². The quantitative estimate of drug-likeness (QED) is 0.866. The van der Waals surface area contributed by atoms with Crippen molar-refractivity contribution in [2.24, 2.45) is 0 Å². The first-order valence-electron chi connectivity index (χ1n) is 7.01. The zero-order valence-corrected chi connectivity index (χ0v) is 13.9. The second kappa shape index (κ2) is 7.06. The molecule has 0 aliphatic rings. The molecule has 0 aromatic heterocycles. The average molecular weight is 354 g/mol. The standard InChI is InChI=1S/C16H16F2N2O3S/c1-10-6-7-11(2)14(8-10)24(22,23)19-9-15(21)20-16-12(17)4-3-5-13(16)18/h3-8,19H,9H2,1-2H3,(H,20,21). The molecule has 0 radical (unpaired) electrons. The molecule has 0 unspecified atom stereocenters. The van der Waals surface area contributed by atoms with E-state index in [1.165, 1.54) is 6.07 Å². The van der Waals surface area contributed by atoms with Crippen molar-refractivity contribution in [3.63, 3.8) is 0 Å². The van der Waals surface area contributed by atoms with Crippen molar-refractivity contribution >= 4 is 21.6 Å². The Kier molecular flexibility index (Phi) is 5.30. The first kappa shape index (κ1) is 18.0. The number of sulfonamides is 1. The molecular weight excluding hydrogens is 338 g/mol.